The summed E-state index contributed by atoms with van der Waals surface area (Å²) in [5.41, 5.74) is 4.96. The number of rotatable bonds is 2. The van der Waals surface area contributed by atoms with Crippen molar-refractivity contribution in [1.82, 2.24) is 0 Å². The molecule has 0 aliphatic rings. The van der Waals surface area contributed by atoms with Gasteiger partial charge in [0.05, 0.1) is 0 Å². The molecule has 0 aromatic heterocycles. The molecule has 0 heteroatoms. The standard InChI is InChI=1S/C46H28/c1-3-7-39-30(5-1)13-21-45-41-19-15-34(25-36(41)17-23-43(39)45)32-11-9-29-10-12-33(28-38(29)27-32)35-16-20-42-37(26-35)18-24-44-40-8-4-2-6-31(40)14-22-46(42)44/h1-28H. The van der Waals surface area contributed by atoms with Gasteiger partial charge < -0.3 is 0 Å². The van der Waals surface area contributed by atoms with E-state index in [9.17, 15) is 0 Å². The van der Waals surface area contributed by atoms with Crippen LogP contribution in [0.25, 0.3) is 97.7 Å². The lowest BCUT2D eigenvalue weighted by Gasteiger charge is -2.11. The van der Waals surface area contributed by atoms with E-state index in [0.29, 0.717) is 0 Å². The van der Waals surface area contributed by atoms with Crippen LogP contribution in [0.15, 0.2) is 170 Å². The summed E-state index contributed by atoms with van der Waals surface area (Å²) < 4.78 is 0. The van der Waals surface area contributed by atoms with Gasteiger partial charge in [0.25, 0.3) is 0 Å². The minimum absolute atomic E-state index is 1.24. The molecular formula is C46H28. The van der Waals surface area contributed by atoms with Crippen molar-refractivity contribution in [2.75, 3.05) is 0 Å². The molecule has 212 valence electrons. The molecule has 10 aromatic carbocycles. The Morgan fingerprint density at radius 1 is 0.174 bits per heavy atom. The topological polar surface area (TPSA) is 0 Å². The molecule has 0 atom stereocenters. The highest BCUT2D eigenvalue weighted by Gasteiger charge is 2.09. The third kappa shape index (κ3) is 3.87. The molecule has 10 aromatic rings. The number of hydrogen-bond acceptors (Lipinski definition) is 0. The lowest BCUT2D eigenvalue weighted by molar-refractivity contribution is 1.66. The van der Waals surface area contributed by atoms with Crippen molar-refractivity contribution in [1.29, 1.82) is 0 Å². The highest BCUT2D eigenvalue weighted by Crippen LogP contribution is 2.36. The van der Waals surface area contributed by atoms with Crippen LogP contribution in [-0.4, -0.2) is 0 Å². The van der Waals surface area contributed by atoms with Gasteiger partial charge in [-0.1, -0.05) is 146 Å². The summed E-state index contributed by atoms with van der Waals surface area (Å²) in [7, 11) is 0. The monoisotopic (exact) mass is 580 g/mol. The van der Waals surface area contributed by atoms with Gasteiger partial charge in [-0.2, -0.15) is 0 Å². The van der Waals surface area contributed by atoms with Gasteiger partial charge >= 0.3 is 0 Å². The fraction of sp³-hybridized carbons (Fsp3) is 0. The summed E-state index contributed by atoms with van der Waals surface area (Å²) in [6.07, 6.45) is 0. The average Bonchev–Trinajstić information content (AvgIpc) is 3.13. The van der Waals surface area contributed by atoms with E-state index < -0.39 is 0 Å². The molecule has 0 nitrogen and oxygen atoms in total. The van der Waals surface area contributed by atoms with Gasteiger partial charge in [0, 0.05) is 0 Å². The molecule has 0 aliphatic carbocycles. The Morgan fingerprint density at radius 2 is 0.478 bits per heavy atom. The van der Waals surface area contributed by atoms with E-state index in [0.717, 1.165) is 0 Å². The van der Waals surface area contributed by atoms with Gasteiger partial charge in [0.15, 0.2) is 0 Å². The fourth-order valence-corrected chi connectivity index (χ4v) is 7.62. The van der Waals surface area contributed by atoms with Gasteiger partial charge in [-0.3, -0.25) is 0 Å². The van der Waals surface area contributed by atoms with Crippen molar-refractivity contribution in [2.45, 2.75) is 0 Å². The molecule has 0 bridgehead atoms. The molecule has 0 fully saturated rings. The van der Waals surface area contributed by atoms with Crippen LogP contribution in [0.5, 0.6) is 0 Å². The highest BCUT2D eigenvalue weighted by atomic mass is 14.1. The molecule has 0 unspecified atom stereocenters. The lowest BCUT2D eigenvalue weighted by Crippen LogP contribution is -1.85. The number of fused-ring (bicyclic) bond motifs is 11. The van der Waals surface area contributed by atoms with Gasteiger partial charge in [-0.05, 0) is 122 Å². The van der Waals surface area contributed by atoms with Crippen LogP contribution < -0.4 is 0 Å². The SMILES string of the molecule is c1ccc2c(c1)ccc1c3ccc(-c4ccc5ccc(-c6ccc7c(ccc8c9ccccc9ccc78)c6)cc5c4)cc3ccc21. The van der Waals surface area contributed by atoms with E-state index in [1.807, 2.05) is 0 Å². The van der Waals surface area contributed by atoms with Crippen molar-refractivity contribution in [3.63, 3.8) is 0 Å². The van der Waals surface area contributed by atoms with Crippen LogP contribution in [0.3, 0.4) is 0 Å². The van der Waals surface area contributed by atoms with Crippen molar-refractivity contribution < 1.29 is 0 Å². The zero-order chi connectivity index (χ0) is 30.2. The molecule has 0 radical (unpaired) electrons. The Balaban J connectivity index is 1.05. The second-order valence-corrected chi connectivity index (χ2v) is 12.5. The minimum Gasteiger partial charge on any atom is -0.0616 e. The van der Waals surface area contributed by atoms with E-state index in [4.69, 9.17) is 0 Å². The predicted octanol–water partition coefficient (Wildman–Crippen LogP) is 13.1. The van der Waals surface area contributed by atoms with Crippen LogP contribution in [0.1, 0.15) is 0 Å². The van der Waals surface area contributed by atoms with E-state index >= 15 is 0 Å². The second-order valence-electron chi connectivity index (χ2n) is 12.5. The molecule has 0 heterocycles. The molecule has 0 spiro atoms. The Hall–Kier alpha value is -5.98. The van der Waals surface area contributed by atoms with Crippen molar-refractivity contribution >= 4 is 75.4 Å². The summed E-state index contributed by atoms with van der Waals surface area (Å²) in [4.78, 5) is 0. The quantitative estimate of drug-likeness (QED) is 0.178. The predicted molar refractivity (Wildman–Crippen MR) is 200 cm³/mol. The van der Waals surface area contributed by atoms with Crippen molar-refractivity contribution in [3.8, 4) is 22.3 Å². The molecule has 0 amide bonds. The van der Waals surface area contributed by atoms with Crippen LogP contribution >= 0.6 is 0 Å². The Bertz CT molecular complexity index is 2660. The van der Waals surface area contributed by atoms with Crippen molar-refractivity contribution in [2.24, 2.45) is 0 Å². The maximum absolute atomic E-state index is 2.34. The lowest BCUT2D eigenvalue weighted by atomic mass is 9.93. The maximum Gasteiger partial charge on any atom is -0.00990 e. The average molecular weight is 581 g/mol. The third-order valence-electron chi connectivity index (χ3n) is 9.99. The van der Waals surface area contributed by atoms with Crippen LogP contribution in [0.2, 0.25) is 0 Å². The molecule has 0 saturated carbocycles. The second kappa shape index (κ2) is 9.76. The highest BCUT2D eigenvalue weighted by molar-refractivity contribution is 6.19. The van der Waals surface area contributed by atoms with Crippen LogP contribution in [-0.2, 0) is 0 Å². The zero-order valence-corrected chi connectivity index (χ0v) is 25.2. The number of hydrogen-bond donors (Lipinski definition) is 0. The van der Waals surface area contributed by atoms with E-state index in [1.165, 1.54) is 97.7 Å². The van der Waals surface area contributed by atoms with Crippen LogP contribution in [0, 0.1) is 0 Å². The first kappa shape index (κ1) is 25.4. The summed E-state index contributed by atoms with van der Waals surface area (Å²) in [6.45, 7) is 0. The molecule has 0 aliphatic heterocycles. The Kier molecular flexibility index (Phi) is 5.38. The smallest absolute Gasteiger partial charge is 0.00990 e. The Morgan fingerprint density at radius 3 is 0.935 bits per heavy atom. The summed E-state index contributed by atoms with van der Waals surface area (Å²) >= 11 is 0. The largest absolute Gasteiger partial charge is 0.0616 e. The van der Waals surface area contributed by atoms with Gasteiger partial charge in [-0.25, -0.2) is 0 Å². The Labute approximate surface area is 266 Å². The number of benzene rings is 10. The van der Waals surface area contributed by atoms with Crippen LogP contribution in [0.4, 0.5) is 0 Å². The first-order chi connectivity index (χ1) is 22.8. The van der Waals surface area contributed by atoms with E-state index in [1.54, 1.807) is 0 Å². The van der Waals surface area contributed by atoms with E-state index in [2.05, 4.69) is 170 Å². The first-order valence-electron chi connectivity index (χ1n) is 16.0. The minimum atomic E-state index is 1.24. The van der Waals surface area contributed by atoms with E-state index in [-0.39, 0.29) is 0 Å². The fourth-order valence-electron chi connectivity index (χ4n) is 7.62. The van der Waals surface area contributed by atoms with Crippen molar-refractivity contribution in [3.05, 3.63) is 170 Å². The third-order valence-corrected chi connectivity index (χ3v) is 9.99. The molecule has 0 saturated heterocycles. The summed E-state index contributed by atoms with van der Waals surface area (Å²) in [5.74, 6) is 0. The summed E-state index contributed by atoms with van der Waals surface area (Å²) in [6, 6.07) is 63.0. The zero-order valence-electron chi connectivity index (χ0n) is 25.2. The molecule has 10 rings (SSSR count). The van der Waals surface area contributed by atoms with Gasteiger partial charge in [-0.15, -0.1) is 0 Å². The first-order valence-corrected chi connectivity index (χ1v) is 16.0. The van der Waals surface area contributed by atoms with Gasteiger partial charge in [0.2, 0.25) is 0 Å². The molecular weight excluding hydrogens is 553 g/mol. The van der Waals surface area contributed by atoms with Gasteiger partial charge in [0.1, 0.15) is 0 Å². The molecule has 0 N–H and O–H groups in total. The molecule has 46 heavy (non-hydrogen) atoms. The summed E-state index contributed by atoms with van der Waals surface area (Å²) in [5, 5.41) is 18.1. The maximum atomic E-state index is 2.34. The normalized spacial score (nSPS) is 11.9.